The number of aromatic nitrogens is 3. The molecule has 1 fully saturated rings. The summed E-state index contributed by atoms with van der Waals surface area (Å²) in [5.41, 5.74) is 7.73. The van der Waals surface area contributed by atoms with Crippen LogP contribution in [0.2, 0.25) is 0 Å². The van der Waals surface area contributed by atoms with Gasteiger partial charge in [-0.2, -0.15) is 0 Å². The number of piperidine rings is 1. The highest BCUT2D eigenvalue weighted by Crippen LogP contribution is 2.26. The standard InChI is InChI=1S/C14H21N5/c1-2-18-7-3-6-12(10-18)14-17-16-13-11(9-15)5-4-8-19(13)14/h4-5,8,12H,2-3,6-7,9-10,15H2,1H3. The molecule has 1 aliphatic heterocycles. The van der Waals surface area contributed by atoms with E-state index in [0.29, 0.717) is 12.5 Å². The summed E-state index contributed by atoms with van der Waals surface area (Å²) in [6, 6.07) is 4.05. The highest BCUT2D eigenvalue weighted by Gasteiger charge is 2.24. The number of pyridine rings is 1. The normalized spacial score (nSPS) is 21.1. The number of likely N-dealkylation sites (N-methyl/N-ethyl adjacent to an activating group) is 1. The zero-order valence-corrected chi connectivity index (χ0v) is 11.4. The Morgan fingerprint density at radius 3 is 3.11 bits per heavy atom. The van der Waals surface area contributed by atoms with Crippen LogP contribution in [0, 0.1) is 0 Å². The second-order valence-electron chi connectivity index (χ2n) is 5.22. The van der Waals surface area contributed by atoms with Gasteiger partial charge in [0.25, 0.3) is 0 Å². The SMILES string of the molecule is CCN1CCCC(c2nnc3c(CN)cccn23)C1. The molecule has 2 aromatic heterocycles. The van der Waals surface area contributed by atoms with Crippen molar-refractivity contribution < 1.29 is 0 Å². The number of likely N-dealkylation sites (tertiary alicyclic amines) is 1. The maximum Gasteiger partial charge on any atom is 0.165 e. The van der Waals surface area contributed by atoms with Crippen molar-refractivity contribution in [2.45, 2.75) is 32.2 Å². The number of nitrogens with zero attached hydrogens (tertiary/aromatic N) is 4. The summed E-state index contributed by atoms with van der Waals surface area (Å²) in [7, 11) is 0. The van der Waals surface area contributed by atoms with Gasteiger partial charge >= 0.3 is 0 Å². The maximum atomic E-state index is 5.76. The summed E-state index contributed by atoms with van der Waals surface area (Å²) in [6.07, 6.45) is 4.49. The Morgan fingerprint density at radius 2 is 2.32 bits per heavy atom. The zero-order valence-electron chi connectivity index (χ0n) is 11.4. The number of nitrogens with two attached hydrogens (primary N) is 1. The lowest BCUT2D eigenvalue weighted by atomic mass is 9.97. The second-order valence-corrected chi connectivity index (χ2v) is 5.22. The molecule has 0 saturated carbocycles. The quantitative estimate of drug-likeness (QED) is 0.905. The van der Waals surface area contributed by atoms with Crippen molar-refractivity contribution in [2.75, 3.05) is 19.6 Å². The molecule has 0 amide bonds. The van der Waals surface area contributed by atoms with Crippen LogP contribution in [0.3, 0.4) is 0 Å². The van der Waals surface area contributed by atoms with E-state index in [2.05, 4.69) is 32.6 Å². The molecule has 3 heterocycles. The van der Waals surface area contributed by atoms with Crippen LogP contribution in [0.5, 0.6) is 0 Å². The summed E-state index contributed by atoms with van der Waals surface area (Å²) >= 11 is 0. The molecule has 1 saturated heterocycles. The highest BCUT2D eigenvalue weighted by atomic mass is 15.3. The van der Waals surface area contributed by atoms with Crippen LogP contribution in [0.4, 0.5) is 0 Å². The van der Waals surface area contributed by atoms with E-state index in [1.165, 1.54) is 19.4 Å². The first-order valence-electron chi connectivity index (χ1n) is 7.08. The van der Waals surface area contributed by atoms with Crippen LogP contribution >= 0.6 is 0 Å². The molecule has 1 atom stereocenters. The molecule has 2 N–H and O–H groups in total. The fourth-order valence-electron chi connectivity index (χ4n) is 2.98. The van der Waals surface area contributed by atoms with Gasteiger partial charge in [-0.25, -0.2) is 0 Å². The van der Waals surface area contributed by atoms with Crippen molar-refractivity contribution in [3.05, 3.63) is 29.7 Å². The minimum Gasteiger partial charge on any atom is -0.326 e. The number of hydrogen-bond donors (Lipinski definition) is 1. The maximum absolute atomic E-state index is 5.76. The summed E-state index contributed by atoms with van der Waals surface area (Å²) < 4.78 is 2.12. The first-order valence-corrected chi connectivity index (χ1v) is 7.08. The van der Waals surface area contributed by atoms with Gasteiger partial charge in [0, 0.05) is 30.8 Å². The van der Waals surface area contributed by atoms with E-state index < -0.39 is 0 Å². The van der Waals surface area contributed by atoms with Gasteiger partial charge in [0.2, 0.25) is 0 Å². The lowest BCUT2D eigenvalue weighted by Gasteiger charge is -2.30. The lowest BCUT2D eigenvalue weighted by Crippen LogP contribution is -2.34. The fourth-order valence-corrected chi connectivity index (χ4v) is 2.98. The third-order valence-electron chi connectivity index (χ3n) is 4.08. The Bertz CT molecular complexity index is 562. The van der Waals surface area contributed by atoms with Crippen molar-refractivity contribution in [3.8, 4) is 0 Å². The van der Waals surface area contributed by atoms with E-state index >= 15 is 0 Å². The predicted octanol–water partition coefficient (Wildman–Crippen LogP) is 1.39. The summed E-state index contributed by atoms with van der Waals surface area (Å²) in [5, 5.41) is 8.76. The molecule has 1 unspecified atom stereocenters. The minimum atomic E-state index is 0.483. The van der Waals surface area contributed by atoms with Crippen LogP contribution in [-0.2, 0) is 6.54 Å². The molecule has 0 bridgehead atoms. The fraction of sp³-hybridized carbons (Fsp3) is 0.571. The Hall–Kier alpha value is -1.46. The monoisotopic (exact) mass is 259 g/mol. The third kappa shape index (κ3) is 2.24. The van der Waals surface area contributed by atoms with E-state index in [0.717, 1.165) is 30.1 Å². The molecule has 19 heavy (non-hydrogen) atoms. The molecule has 5 nitrogen and oxygen atoms in total. The van der Waals surface area contributed by atoms with Crippen LogP contribution in [0.15, 0.2) is 18.3 Å². The molecular weight excluding hydrogens is 238 g/mol. The smallest absolute Gasteiger partial charge is 0.165 e. The molecular formula is C14H21N5. The van der Waals surface area contributed by atoms with E-state index in [1.54, 1.807) is 0 Å². The number of hydrogen-bond acceptors (Lipinski definition) is 4. The summed E-state index contributed by atoms with van der Waals surface area (Å²) in [4.78, 5) is 2.49. The first kappa shape index (κ1) is 12.6. The molecule has 0 spiro atoms. The van der Waals surface area contributed by atoms with E-state index in [4.69, 9.17) is 5.73 Å². The molecule has 3 rings (SSSR count). The largest absolute Gasteiger partial charge is 0.326 e. The Labute approximate surface area is 113 Å². The van der Waals surface area contributed by atoms with E-state index in [1.807, 2.05) is 12.1 Å². The van der Waals surface area contributed by atoms with E-state index in [-0.39, 0.29) is 0 Å². The van der Waals surface area contributed by atoms with Gasteiger partial charge in [-0.15, -0.1) is 10.2 Å². The van der Waals surface area contributed by atoms with Gasteiger partial charge in [-0.05, 0) is 32.0 Å². The van der Waals surface area contributed by atoms with E-state index in [9.17, 15) is 0 Å². The Kier molecular flexibility index (Phi) is 3.48. The second kappa shape index (κ2) is 5.27. The van der Waals surface area contributed by atoms with Gasteiger partial charge in [0.1, 0.15) is 5.82 Å². The van der Waals surface area contributed by atoms with Gasteiger partial charge in [-0.1, -0.05) is 13.0 Å². The first-order chi connectivity index (χ1) is 9.33. The van der Waals surface area contributed by atoms with Crippen LogP contribution in [-0.4, -0.2) is 39.1 Å². The number of fused-ring (bicyclic) bond motifs is 1. The van der Waals surface area contributed by atoms with Crippen LogP contribution < -0.4 is 5.73 Å². The van der Waals surface area contributed by atoms with Crippen molar-refractivity contribution in [3.63, 3.8) is 0 Å². The van der Waals surface area contributed by atoms with Crippen LogP contribution in [0.25, 0.3) is 5.65 Å². The van der Waals surface area contributed by atoms with Crippen molar-refractivity contribution >= 4 is 5.65 Å². The molecule has 102 valence electrons. The topological polar surface area (TPSA) is 59.5 Å². The Balaban J connectivity index is 1.96. The summed E-state index contributed by atoms with van der Waals surface area (Å²) in [5.74, 6) is 1.57. The molecule has 0 aromatic carbocycles. The van der Waals surface area contributed by atoms with Gasteiger partial charge in [0.05, 0.1) is 0 Å². The lowest BCUT2D eigenvalue weighted by molar-refractivity contribution is 0.213. The minimum absolute atomic E-state index is 0.483. The Morgan fingerprint density at radius 1 is 1.42 bits per heavy atom. The zero-order chi connectivity index (χ0) is 13.2. The van der Waals surface area contributed by atoms with Crippen molar-refractivity contribution in [2.24, 2.45) is 5.73 Å². The van der Waals surface area contributed by atoms with Crippen LogP contribution in [0.1, 0.15) is 37.1 Å². The van der Waals surface area contributed by atoms with Gasteiger partial charge < -0.3 is 10.6 Å². The summed E-state index contributed by atoms with van der Waals surface area (Å²) in [6.45, 7) is 6.13. The van der Waals surface area contributed by atoms with Crippen molar-refractivity contribution in [1.29, 1.82) is 0 Å². The molecule has 5 heteroatoms. The molecule has 0 radical (unpaired) electrons. The number of rotatable bonds is 3. The predicted molar refractivity (Wildman–Crippen MR) is 75.0 cm³/mol. The average molecular weight is 259 g/mol. The van der Waals surface area contributed by atoms with Gasteiger partial charge in [-0.3, -0.25) is 4.40 Å². The average Bonchev–Trinajstić information content (AvgIpc) is 2.91. The highest BCUT2D eigenvalue weighted by molar-refractivity contribution is 5.47. The van der Waals surface area contributed by atoms with Crippen molar-refractivity contribution in [1.82, 2.24) is 19.5 Å². The third-order valence-corrected chi connectivity index (χ3v) is 4.08. The molecule has 0 aliphatic carbocycles. The molecule has 2 aromatic rings. The van der Waals surface area contributed by atoms with Gasteiger partial charge in [0.15, 0.2) is 5.65 Å². The molecule has 1 aliphatic rings.